The molecule has 2 heterocycles. The second kappa shape index (κ2) is 8.55. The Morgan fingerprint density at radius 1 is 1.07 bits per heavy atom. The van der Waals surface area contributed by atoms with Crippen molar-refractivity contribution in [3.8, 4) is 11.4 Å². The Morgan fingerprint density at radius 3 is 2.66 bits per heavy atom. The lowest BCUT2D eigenvalue weighted by molar-refractivity contribution is 0.612. The second-order valence-electron chi connectivity index (χ2n) is 6.56. The number of nitrogens with two attached hydrogens (primary N) is 1. The topological polar surface area (TPSA) is 81.7 Å². The van der Waals surface area contributed by atoms with Crippen LogP contribution in [-0.2, 0) is 13.1 Å². The summed E-state index contributed by atoms with van der Waals surface area (Å²) in [6, 6.07) is 14.2. The van der Waals surface area contributed by atoms with Crippen molar-refractivity contribution in [2.24, 2.45) is 5.73 Å². The monoisotopic (exact) mass is 410 g/mol. The van der Waals surface area contributed by atoms with E-state index in [0.717, 1.165) is 17.8 Å². The van der Waals surface area contributed by atoms with Crippen molar-refractivity contribution in [1.29, 1.82) is 0 Å². The van der Waals surface area contributed by atoms with Gasteiger partial charge in [-0.25, -0.2) is 14.4 Å². The molecule has 8 heteroatoms. The maximum atomic E-state index is 13.9. The van der Waals surface area contributed by atoms with Crippen LogP contribution in [0.15, 0.2) is 54.7 Å². The maximum Gasteiger partial charge on any atom is 0.225 e. The van der Waals surface area contributed by atoms with E-state index in [0.29, 0.717) is 40.8 Å². The van der Waals surface area contributed by atoms with Gasteiger partial charge in [-0.2, -0.15) is 4.98 Å². The van der Waals surface area contributed by atoms with Crippen LogP contribution in [0.2, 0.25) is 5.02 Å². The number of hydrogen-bond donors (Lipinski definition) is 2. The summed E-state index contributed by atoms with van der Waals surface area (Å²) < 4.78 is 15.9. The summed E-state index contributed by atoms with van der Waals surface area (Å²) in [5.41, 5.74) is 8.43. The van der Waals surface area contributed by atoms with Crippen LogP contribution in [-0.4, -0.2) is 26.1 Å². The highest BCUT2D eigenvalue weighted by atomic mass is 35.5. The number of anilines is 1. The minimum Gasteiger partial charge on any atom is -0.350 e. The van der Waals surface area contributed by atoms with Gasteiger partial charge >= 0.3 is 0 Å². The number of aryl methyl sites for hydroxylation is 1. The number of nitrogens with one attached hydrogen (secondary N) is 1. The Labute approximate surface area is 172 Å². The van der Waals surface area contributed by atoms with Crippen LogP contribution in [0.5, 0.6) is 0 Å². The highest BCUT2D eigenvalue weighted by molar-refractivity contribution is 6.33. The molecule has 0 bridgehead atoms. The van der Waals surface area contributed by atoms with Gasteiger partial charge in [0, 0.05) is 24.2 Å². The van der Waals surface area contributed by atoms with E-state index in [-0.39, 0.29) is 12.4 Å². The molecule has 4 aromatic rings. The third-order valence-corrected chi connectivity index (χ3v) is 4.91. The zero-order valence-electron chi connectivity index (χ0n) is 15.6. The van der Waals surface area contributed by atoms with E-state index >= 15 is 0 Å². The normalized spacial score (nSPS) is 11.1. The molecule has 4 rings (SSSR count). The first-order valence-electron chi connectivity index (χ1n) is 9.33. The summed E-state index contributed by atoms with van der Waals surface area (Å²) in [4.78, 5) is 13.6. The van der Waals surface area contributed by atoms with Crippen molar-refractivity contribution in [3.63, 3.8) is 0 Å². The molecule has 2 aromatic carbocycles. The quantitative estimate of drug-likeness (QED) is 0.476. The van der Waals surface area contributed by atoms with Gasteiger partial charge in [-0.15, -0.1) is 0 Å². The average Bonchev–Trinajstić information content (AvgIpc) is 3.09. The molecular weight excluding hydrogens is 391 g/mol. The van der Waals surface area contributed by atoms with Crippen molar-refractivity contribution < 1.29 is 4.39 Å². The van der Waals surface area contributed by atoms with Gasteiger partial charge < -0.3 is 15.6 Å². The van der Waals surface area contributed by atoms with Gasteiger partial charge in [-0.05, 0) is 31.2 Å². The van der Waals surface area contributed by atoms with Crippen LogP contribution >= 0.6 is 11.6 Å². The molecule has 0 radical (unpaired) electrons. The number of aromatic nitrogens is 4. The van der Waals surface area contributed by atoms with Gasteiger partial charge in [-0.3, -0.25) is 0 Å². The third kappa shape index (κ3) is 4.06. The first kappa shape index (κ1) is 19.3. The molecule has 0 saturated carbocycles. The van der Waals surface area contributed by atoms with E-state index in [9.17, 15) is 4.39 Å². The SMILES string of the molecule is NCCCn1c(-c2ccccc2Cl)nc2cnc(NCc3ccccc3F)nc21. The van der Waals surface area contributed by atoms with Crippen LogP contribution in [0.25, 0.3) is 22.6 Å². The van der Waals surface area contributed by atoms with Gasteiger partial charge in [0.2, 0.25) is 5.95 Å². The molecule has 0 unspecified atom stereocenters. The smallest absolute Gasteiger partial charge is 0.225 e. The largest absolute Gasteiger partial charge is 0.350 e. The lowest BCUT2D eigenvalue weighted by Crippen LogP contribution is -2.09. The number of rotatable bonds is 7. The van der Waals surface area contributed by atoms with Crippen LogP contribution in [0.3, 0.4) is 0 Å². The minimum absolute atomic E-state index is 0.268. The van der Waals surface area contributed by atoms with Crippen LogP contribution in [0.4, 0.5) is 10.3 Å². The number of imidazole rings is 1. The van der Waals surface area contributed by atoms with E-state index in [2.05, 4.69) is 15.3 Å². The van der Waals surface area contributed by atoms with Crippen molar-refractivity contribution in [2.75, 3.05) is 11.9 Å². The molecule has 2 aromatic heterocycles. The minimum atomic E-state index is -0.268. The molecule has 29 heavy (non-hydrogen) atoms. The van der Waals surface area contributed by atoms with Crippen molar-refractivity contribution >= 4 is 28.7 Å². The number of nitrogens with zero attached hydrogens (tertiary/aromatic N) is 4. The molecule has 0 fully saturated rings. The predicted molar refractivity (Wildman–Crippen MR) is 113 cm³/mol. The van der Waals surface area contributed by atoms with Gasteiger partial charge in [0.1, 0.15) is 17.2 Å². The summed E-state index contributed by atoms with van der Waals surface area (Å²) in [5, 5.41) is 3.70. The van der Waals surface area contributed by atoms with Gasteiger partial charge in [0.15, 0.2) is 5.65 Å². The van der Waals surface area contributed by atoms with Crippen molar-refractivity contribution in [2.45, 2.75) is 19.5 Å². The molecule has 0 spiro atoms. The molecule has 0 amide bonds. The van der Waals surface area contributed by atoms with Gasteiger partial charge in [0.25, 0.3) is 0 Å². The van der Waals surface area contributed by atoms with Crippen LogP contribution in [0, 0.1) is 5.82 Å². The zero-order chi connectivity index (χ0) is 20.2. The van der Waals surface area contributed by atoms with E-state index in [4.69, 9.17) is 22.3 Å². The summed E-state index contributed by atoms with van der Waals surface area (Å²) in [6.07, 6.45) is 2.43. The summed E-state index contributed by atoms with van der Waals surface area (Å²) in [7, 11) is 0. The molecule has 0 aliphatic carbocycles. The van der Waals surface area contributed by atoms with E-state index in [1.54, 1.807) is 24.4 Å². The Bertz CT molecular complexity index is 1140. The molecule has 3 N–H and O–H groups in total. The Kier molecular flexibility index (Phi) is 5.69. The highest BCUT2D eigenvalue weighted by Gasteiger charge is 2.17. The lowest BCUT2D eigenvalue weighted by atomic mass is 10.2. The molecule has 0 atom stereocenters. The molecular formula is C21H20ClFN6. The van der Waals surface area contributed by atoms with E-state index < -0.39 is 0 Å². The molecule has 0 aliphatic heterocycles. The third-order valence-electron chi connectivity index (χ3n) is 4.58. The Morgan fingerprint density at radius 2 is 1.86 bits per heavy atom. The fraction of sp³-hybridized carbons (Fsp3) is 0.190. The molecule has 148 valence electrons. The summed E-state index contributed by atoms with van der Waals surface area (Å²) >= 11 is 6.39. The Hall–Kier alpha value is -3.03. The number of fused-ring (bicyclic) bond motifs is 1. The summed E-state index contributed by atoms with van der Waals surface area (Å²) in [5.74, 6) is 0.857. The first-order valence-corrected chi connectivity index (χ1v) is 9.70. The first-order chi connectivity index (χ1) is 14.2. The van der Waals surface area contributed by atoms with Crippen molar-refractivity contribution in [1.82, 2.24) is 19.5 Å². The number of hydrogen-bond acceptors (Lipinski definition) is 5. The highest BCUT2D eigenvalue weighted by Crippen LogP contribution is 2.30. The number of benzene rings is 2. The average molecular weight is 411 g/mol. The molecule has 0 aliphatic rings. The maximum absolute atomic E-state index is 13.9. The predicted octanol–water partition coefficient (Wildman–Crippen LogP) is 4.25. The fourth-order valence-corrected chi connectivity index (χ4v) is 3.35. The molecule has 6 nitrogen and oxygen atoms in total. The number of halogens is 2. The fourth-order valence-electron chi connectivity index (χ4n) is 3.13. The second-order valence-corrected chi connectivity index (χ2v) is 6.96. The zero-order valence-corrected chi connectivity index (χ0v) is 16.4. The van der Waals surface area contributed by atoms with E-state index in [1.165, 1.54) is 6.07 Å². The summed E-state index contributed by atoms with van der Waals surface area (Å²) in [6.45, 7) is 1.48. The lowest BCUT2D eigenvalue weighted by Gasteiger charge is -2.10. The molecule has 0 saturated heterocycles. The van der Waals surface area contributed by atoms with Gasteiger partial charge in [0.05, 0.1) is 11.2 Å². The van der Waals surface area contributed by atoms with Crippen LogP contribution in [0.1, 0.15) is 12.0 Å². The Balaban J connectivity index is 1.71. The van der Waals surface area contributed by atoms with Crippen LogP contribution < -0.4 is 11.1 Å². The van der Waals surface area contributed by atoms with Gasteiger partial charge in [-0.1, -0.05) is 41.9 Å². The van der Waals surface area contributed by atoms with E-state index in [1.807, 2.05) is 28.8 Å². The standard InChI is InChI=1S/C21H20ClFN6/c22-16-8-3-2-7-15(16)19-27-18-13-26-21(28-20(18)29(19)11-5-10-24)25-12-14-6-1-4-9-17(14)23/h1-4,6-9,13H,5,10-12,24H2,(H,25,26,28). The van der Waals surface area contributed by atoms with Crippen molar-refractivity contribution in [3.05, 3.63) is 71.1 Å².